The SMILES string of the molecule is CC1N(C)C2CCC(C2)N1c1cccn1C. The molecule has 2 bridgehead atoms. The topological polar surface area (TPSA) is 11.4 Å². The van der Waals surface area contributed by atoms with Crippen molar-refractivity contribution in [2.45, 2.75) is 44.4 Å². The fourth-order valence-electron chi connectivity index (χ4n) is 3.46. The molecule has 3 unspecified atom stereocenters. The number of hydrogen-bond acceptors (Lipinski definition) is 2. The van der Waals surface area contributed by atoms with E-state index in [0.717, 1.165) is 12.1 Å². The lowest BCUT2D eigenvalue weighted by molar-refractivity contribution is 0.148. The van der Waals surface area contributed by atoms with Crippen LogP contribution in [0.4, 0.5) is 5.82 Å². The molecule has 0 N–H and O–H groups in total. The van der Waals surface area contributed by atoms with Gasteiger partial charge in [-0.05, 0) is 45.4 Å². The van der Waals surface area contributed by atoms with Gasteiger partial charge in [-0.15, -0.1) is 0 Å². The average molecular weight is 219 g/mol. The molecule has 1 aliphatic carbocycles. The van der Waals surface area contributed by atoms with Crippen molar-refractivity contribution in [3.63, 3.8) is 0 Å². The molecule has 16 heavy (non-hydrogen) atoms. The Bertz CT molecular complexity index is 384. The van der Waals surface area contributed by atoms with Gasteiger partial charge in [0, 0.05) is 25.3 Å². The van der Waals surface area contributed by atoms with Crippen molar-refractivity contribution in [1.29, 1.82) is 0 Å². The van der Waals surface area contributed by atoms with Crippen LogP contribution in [0, 0.1) is 0 Å². The number of aromatic nitrogens is 1. The number of fused-ring (bicyclic) bond motifs is 2. The van der Waals surface area contributed by atoms with Crippen molar-refractivity contribution in [3.8, 4) is 0 Å². The van der Waals surface area contributed by atoms with Crippen molar-refractivity contribution in [3.05, 3.63) is 18.3 Å². The number of rotatable bonds is 1. The highest BCUT2D eigenvalue weighted by atomic mass is 15.4. The summed E-state index contributed by atoms with van der Waals surface area (Å²) in [6, 6.07) is 5.95. The molecule has 0 spiro atoms. The molecule has 2 fully saturated rings. The minimum Gasteiger partial charge on any atom is -0.340 e. The van der Waals surface area contributed by atoms with Crippen molar-refractivity contribution < 1.29 is 0 Å². The molecule has 0 radical (unpaired) electrons. The third-order valence-corrected chi connectivity index (χ3v) is 4.52. The first kappa shape index (κ1) is 10.2. The molecule has 88 valence electrons. The first-order valence-electron chi connectivity index (χ1n) is 6.30. The molecule has 1 aromatic rings. The predicted octanol–water partition coefficient (Wildman–Crippen LogP) is 2.04. The molecular weight excluding hydrogens is 198 g/mol. The van der Waals surface area contributed by atoms with Gasteiger partial charge in [0.15, 0.2) is 0 Å². The van der Waals surface area contributed by atoms with E-state index in [1.54, 1.807) is 0 Å². The second-order valence-electron chi connectivity index (χ2n) is 5.30. The van der Waals surface area contributed by atoms with E-state index in [-0.39, 0.29) is 0 Å². The van der Waals surface area contributed by atoms with Gasteiger partial charge in [-0.1, -0.05) is 0 Å². The molecule has 1 saturated carbocycles. The maximum atomic E-state index is 2.60. The van der Waals surface area contributed by atoms with Gasteiger partial charge in [0.2, 0.25) is 0 Å². The summed E-state index contributed by atoms with van der Waals surface area (Å²) in [5.41, 5.74) is 0. The summed E-state index contributed by atoms with van der Waals surface area (Å²) in [5, 5.41) is 0. The van der Waals surface area contributed by atoms with Crippen LogP contribution in [-0.4, -0.2) is 34.8 Å². The summed E-state index contributed by atoms with van der Waals surface area (Å²) in [6.45, 7) is 2.33. The van der Waals surface area contributed by atoms with Gasteiger partial charge in [0.05, 0.1) is 6.17 Å². The summed E-state index contributed by atoms with van der Waals surface area (Å²) in [6.07, 6.45) is 6.73. The van der Waals surface area contributed by atoms with E-state index >= 15 is 0 Å². The van der Waals surface area contributed by atoms with Crippen LogP contribution in [0.1, 0.15) is 26.2 Å². The van der Waals surface area contributed by atoms with Crippen LogP contribution in [-0.2, 0) is 7.05 Å². The lowest BCUT2D eigenvalue weighted by atomic mass is 10.1. The maximum Gasteiger partial charge on any atom is 0.109 e. The molecule has 3 heteroatoms. The molecule has 1 aromatic heterocycles. The molecule has 3 nitrogen and oxygen atoms in total. The van der Waals surface area contributed by atoms with E-state index in [0.29, 0.717) is 6.17 Å². The number of anilines is 1. The number of nitrogens with zero attached hydrogens (tertiary/aromatic N) is 3. The van der Waals surface area contributed by atoms with E-state index in [4.69, 9.17) is 0 Å². The quantitative estimate of drug-likeness (QED) is 0.716. The molecule has 3 rings (SSSR count). The highest BCUT2D eigenvalue weighted by Gasteiger charge is 2.42. The first-order valence-corrected chi connectivity index (χ1v) is 6.30. The molecule has 0 aromatic carbocycles. The largest absolute Gasteiger partial charge is 0.340 e. The molecule has 0 amide bonds. The number of hydrogen-bond donors (Lipinski definition) is 0. The summed E-state index contributed by atoms with van der Waals surface area (Å²) in [7, 11) is 4.41. The van der Waals surface area contributed by atoms with Gasteiger partial charge in [0.1, 0.15) is 5.82 Å². The standard InChI is InChI=1S/C13H21N3/c1-10-15(3)11-6-7-12(9-11)16(10)13-5-4-8-14(13)2/h4-5,8,10-12H,6-7,9H2,1-3H3. The third kappa shape index (κ3) is 1.31. The highest BCUT2D eigenvalue weighted by molar-refractivity contribution is 5.44. The maximum absolute atomic E-state index is 2.60. The Balaban J connectivity index is 1.97. The van der Waals surface area contributed by atoms with Gasteiger partial charge in [-0.3, -0.25) is 4.90 Å². The summed E-state index contributed by atoms with van der Waals surface area (Å²) < 4.78 is 2.24. The van der Waals surface area contributed by atoms with Crippen LogP contribution in [0.15, 0.2) is 18.3 Å². The zero-order valence-corrected chi connectivity index (χ0v) is 10.4. The molecule has 2 heterocycles. The van der Waals surface area contributed by atoms with Crippen molar-refractivity contribution in [2.24, 2.45) is 7.05 Å². The zero-order valence-electron chi connectivity index (χ0n) is 10.4. The zero-order chi connectivity index (χ0) is 11.3. The van der Waals surface area contributed by atoms with Gasteiger partial charge in [0.25, 0.3) is 0 Å². The van der Waals surface area contributed by atoms with E-state index in [1.807, 2.05) is 0 Å². The summed E-state index contributed by atoms with van der Waals surface area (Å²) >= 11 is 0. The Morgan fingerprint density at radius 2 is 1.94 bits per heavy atom. The predicted molar refractivity (Wildman–Crippen MR) is 66.5 cm³/mol. The fraction of sp³-hybridized carbons (Fsp3) is 0.692. The van der Waals surface area contributed by atoms with Gasteiger partial charge in [-0.25, -0.2) is 0 Å². The molecular formula is C13H21N3. The van der Waals surface area contributed by atoms with Crippen molar-refractivity contribution >= 4 is 5.82 Å². The average Bonchev–Trinajstić information content (AvgIpc) is 2.86. The normalized spacial score (nSPS) is 34.7. The summed E-state index contributed by atoms with van der Waals surface area (Å²) in [4.78, 5) is 5.14. The Labute approximate surface area is 97.6 Å². The molecule has 3 atom stereocenters. The van der Waals surface area contributed by atoms with Crippen LogP contribution in [0.25, 0.3) is 0 Å². The Kier molecular flexibility index (Phi) is 2.25. The van der Waals surface area contributed by atoms with Crippen molar-refractivity contribution in [2.75, 3.05) is 11.9 Å². The second-order valence-corrected chi connectivity index (χ2v) is 5.30. The highest BCUT2D eigenvalue weighted by Crippen LogP contribution is 2.38. The fourth-order valence-corrected chi connectivity index (χ4v) is 3.46. The van der Waals surface area contributed by atoms with E-state index < -0.39 is 0 Å². The van der Waals surface area contributed by atoms with E-state index in [1.165, 1.54) is 25.1 Å². The molecule has 1 saturated heterocycles. The lowest BCUT2D eigenvalue weighted by Gasteiger charge is -2.46. The van der Waals surface area contributed by atoms with Crippen LogP contribution in [0.5, 0.6) is 0 Å². The third-order valence-electron chi connectivity index (χ3n) is 4.52. The number of aryl methyl sites for hydroxylation is 1. The van der Waals surface area contributed by atoms with Crippen LogP contribution >= 0.6 is 0 Å². The van der Waals surface area contributed by atoms with Gasteiger partial charge >= 0.3 is 0 Å². The Morgan fingerprint density at radius 3 is 2.62 bits per heavy atom. The monoisotopic (exact) mass is 219 g/mol. The second kappa shape index (κ2) is 3.52. The minimum atomic E-state index is 0.528. The van der Waals surface area contributed by atoms with Crippen LogP contribution in [0.2, 0.25) is 0 Å². The first-order chi connectivity index (χ1) is 7.68. The van der Waals surface area contributed by atoms with E-state index in [9.17, 15) is 0 Å². The Hall–Kier alpha value is -0.960. The van der Waals surface area contributed by atoms with Gasteiger partial charge < -0.3 is 9.47 Å². The Morgan fingerprint density at radius 1 is 1.19 bits per heavy atom. The van der Waals surface area contributed by atoms with Crippen LogP contribution < -0.4 is 4.90 Å². The minimum absolute atomic E-state index is 0.528. The molecule has 1 aliphatic heterocycles. The molecule has 2 aliphatic rings. The van der Waals surface area contributed by atoms with Gasteiger partial charge in [-0.2, -0.15) is 0 Å². The van der Waals surface area contributed by atoms with Crippen LogP contribution in [0.3, 0.4) is 0 Å². The smallest absolute Gasteiger partial charge is 0.109 e. The lowest BCUT2D eigenvalue weighted by Crippen LogP contribution is -2.56. The van der Waals surface area contributed by atoms with Crippen molar-refractivity contribution in [1.82, 2.24) is 9.47 Å². The summed E-state index contributed by atoms with van der Waals surface area (Å²) in [5.74, 6) is 1.37. The van der Waals surface area contributed by atoms with E-state index in [2.05, 4.69) is 53.7 Å².